The summed E-state index contributed by atoms with van der Waals surface area (Å²) in [5.41, 5.74) is 0.608. The van der Waals surface area contributed by atoms with Crippen LogP contribution in [0.5, 0.6) is 5.88 Å². The Morgan fingerprint density at radius 2 is 2.23 bits per heavy atom. The van der Waals surface area contributed by atoms with Crippen molar-refractivity contribution >= 4 is 0 Å². The summed E-state index contributed by atoms with van der Waals surface area (Å²) in [6, 6.07) is 0. The van der Waals surface area contributed by atoms with Crippen LogP contribution in [-0.4, -0.2) is 22.1 Å². The third-order valence-electron chi connectivity index (χ3n) is 1.52. The van der Waals surface area contributed by atoms with Gasteiger partial charge in [-0.25, -0.2) is 4.98 Å². The van der Waals surface area contributed by atoms with E-state index in [9.17, 15) is 0 Å². The Kier molecular flexibility index (Phi) is 1.91. The van der Waals surface area contributed by atoms with Crippen molar-refractivity contribution < 1.29 is 9.15 Å². The number of hydrogen-bond acceptors (Lipinski definition) is 5. The lowest BCUT2D eigenvalue weighted by Gasteiger charge is -1.96. The topological polar surface area (TPSA) is 61.0 Å². The van der Waals surface area contributed by atoms with Crippen molar-refractivity contribution in [3.63, 3.8) is 0 Å². The first-order chi connectivity index (χ1) is 6.42. The number of ether oxygens (including phenoxy) is 1. The van der Waals surface area contributed by atoms with Crippen LogP contribution in [0.2, 0.25) is 0 Å². The van der Waals surface area contributed by atoms with Gasteiger partial charge in [0.25, 0.3) is 5.88 Å². The molecule has 0 saturated heterocycles. The van der Waals surface area contributed by atoms with E-state index >= 15 is 0 Å². The van der Waals surface area contributed by atoms with Crippen LogP contribution in [-0.2, 0) is 0 Å². The highest BCUT2D eigenvalue weighted by Crippen LogP contribution is 2.25. The van der Waals surface area contributed by atoms with Crippen LogP contribution in [0.15, 0.2) is 29.4 Å². The van der Waals surface area contributed by atoms with E-state index < -0.39 is 0 Å². The van der Waals surface area contributed by atoms with E-state index in [1.165, 1.54) is 13.5 Å². The molecule has 2 aromatic heterocycles. The lowest BCUT2D eigenvalue weighted by molar-refractivity contribution is 0.398. The third-order valence-corrected chi connectivity index (χ3v) is 1.52. The number of rotatable bonds is 2. The second kappa shape index (κ2) is 3.22. The molecule has 2 rings (SSSR count). The van der Waals surface area contributed by atoms with Crippen molar-refractivity contribution in [1.29, 1.82) is 0 Å². The van der Waals surface area contributed by atoms with Gasteiger partial charge in [0.1, 0.15) is 5.69 Å². The van der Waals surface area contributed by atoms with Gasteiger partial charge in [0.15, 0.2) is 6.39 Å². The molecule has 0 fully saturated rings. The Bertz CT molecular complexity index is 385. The molecular formula is C8H7N3O2. The minimum atomic E-state index is 0.417. The highest BCUT2D eigenvalue weighted by atomic mass is 16.5. The number of oxazole rings is 1. The second-order valence-electron chi connectivity index (χ2n) is 2.28. The van der Waals surface area contributed by atoms with Crippen LogP contribution in [0, 0.1) is 0 Å². The normalized spacial score (nSPS) is 9.92. The zero-order valence-corrected chi connectivity index (χ0v) is 6.97. The molecule has 2 heterocycles. The summed E-state index contributed by atoms with van der Waals surface area (Å²) in [6.45, 7) is 0. The van der Waals surface area contributed by atoms with Gasteiger partial charge < -0.3 is 9.15 Å². The zero-order chi connectivity index (χ0) is 9.10. The second-order valence-corrected chi connectivity index (χ2v) is 2.28. The highest BCUT2D eigenvalue weighted by Gasteiger charge is 2.11. The first-order valence-electron chi connectivity index (χ1n) is 3.65. The molecule has 0 amide bonds. The average Bonchev–Trinajstić information content (AvgIpc) is 2.67. The maximum absolute atomic E-state index is 5.10. The Hall–Kier alpha value is -1.91. The molecule has 66 valence electrons. The van der Waals surface area contributed by atoms with E-state index in [2.05, 4.69) is 15.0 Å². The maximum Gasteiger partial charge on any atom is 0.262 e. The van der Waals surface area contributed by atoms with Gasteiger partial charge in [-0.2, -0.15) is 4.98 Å². The Balaban J connectivity index is 2.47. The minimum Gasteiger partial charge on any atom is -0.478 e. The first-order valence-corrected chi connectivity index (χ1v) is 3.65. The average molecular weight is 177 g/mol. The van der Waals surface area contributed by atoms with Gasteiger partial charge in [0.05, 0.1) is 13.3 Å². The lowest BCUT2D eigenvalue weighted by Crippen LogP contribution is -1.87. The number of aromatic nitrogens is 3. The molecule has 0 saturated carbocycles. The molecular weight excluding hydrogens is 170 g/mol. The van der Waals surface area contributed by atoms with Gasteiger partial charge >= 0.3 is 0 Å². The van der Waals surface area contributed by atoms with Crippen LogP contribution < -0.4 is 4.74 Å². The van der Waals surface area contributed by atoms with Crippen molar-refractivity contribution in [2.45, 2.75) is 0 Å². The SMILES string of the molecule is COc1ncoc1-c1cnccn1. The van der Waals surface area contributed by atoms with Crippen molar-refractivity contribution in [3.8, 4) is 17.3 Å². The minimum absolute atomic E-state index is 0.417. The van der Waals surface area contributed by atoms with E-state index in [0.29, 0.717) is 17.3 Å². The molecule has 0 atom stereocenters. The van der Waals surface area contributed by atoms with Crippen LogP contribution in [0.4, 0.5) is 0 Å². The van der Waals surface area contributed by atoms with Crippen LogP contribution >= 0.6 is 0 Å². The fourth-order valence-electron chi connectivity index (χ4n) is 0.968. The summed E-state index contributed by atoms with van der Waals surface area (Å²) < 4.78 is 10.1. The van der Waals surface area contributed by atoms with Crippen molar-refractivity contribution in [1.82, 2.24) is 15.0 Å². The van der Waals surface area contributed by atoms with Crippen molar-refractivity contribution in [2.75, 3.05) is 7.11 Å². The molecule has 5 heteroatoms. The molecule has 0 unspecified atom stereocenters. The molecule has 0 aliphatic heterocycles. The summed E-state index contributed by atoms with van der Waals surface area (Å²) in [4.78, 5) is 11.8. The Labute approximate surface area is 74.4 Å². The standard InChI is InChI=1S/C8H7N3O2/c1-12-8-7(13-5-11-8)6-4-9-2-3-10-6/h2-5H,1H3. The summed E-state index contributed by atoms with van der Waals surface area (Å²) in [7, 11) is 1.53. The first kappa shape index (κ1) is 7.72. The summed E-state index contributed by atoms with van der Waals surface area (Å²) in [6.07, 6.45) is 6.06. The fraction of sp³-hybridized carbons (Fsp3) is 0.125. The van der Waals surface area contributed by atoms with Crippen molar-refractivity contribution in [2.24, 2.45) is 0 Å². The maximum atomic E-state index is 5.10. The summed E-state index contributed by atoms with van der Waals surface area (Å²) in [5.74, 6) is 0.913. The van der Waals surface area contributed by atoms with Gasteiger partial charge in [0.2, 0.25) is 5.76 Å². The fourth-order valence-corrected chi connectivity index (χ4v) is 0.968. The zero-order valence-electron chi connectivity index (χ0n) is 6.97. The predicted octanol–water partition coefficient (Wildman–Crippen LogP) is 1.14. The molecule has 13 heavy (non-hydrogen) atoms. The van der Waals surface area contributed by atoms with E-state index in [4.69, 9.17) is 9.15 Å². The van der Waals surface area contributed by atoms with Gasteiger partial charge in [0, 0.05) is 12.4 Å². The van der Waals surface area contributed by atoms with Gasteiger partial charge in [-0.05, 0) is 0 Å². The summed E-state index contributed by atoms with van der Waals surface area (Å²) >= 11 is 0. The monoisotopic (exact) mass is 177 g/mol. The van der Waals surface area contributed by atoms with Crippen LogP contribution in [0.1, 0.15) is 0 Å². The quantitative estimate of drug-likeness (QED) is 0.688. The summed E-state index contributed by atoms with van der Waals surface area (Å²) in [5, 5.41) is 0. The number of methoxy groups -OCH3 is 1. The van der Waals surface area contributed by atoms with Gasteiger partial charge in [-0.15, -0.1) is 0 Å². The van der Waals surface area contributed by atoms with E-state index in [-0.39, 0.29) is 0 Å². The molecule has 2 aromatic rings. The largest absolute Gasteiger partial charge is 0.478 e. The van der Waals surface area contributed by atoms with Gasteiger partial charge in [-0.3, -0.25) is 4.98 Å². The van der Waals surface area contributed by atoms with Crippen molar-refractivity contribution in [3.05, 3.63) is 25.0 Å². The Morgan fingerprint density at radius 1 is 1.31 bits per heavy atom. The predicted molar refractivity (Wildman–Crippen MR) is 44.1 cm³/mol. The molecule has 0 N–H and O–H groups in total. The molecule has 0 aromatic carbocycles. The molecule has 0 radical (unpaired) electrons. The van der Waals surface area contributed by atoms with Crippen LogP contribution in [0.25, 0.3) is 11.5 Å². The lowest BCUT2D eigenvalue weighted by atomic mass is 10.3. The number of hydrogen-bond donors (Lipinski definition) is 0. The smallest absolute Gasteiger partial charge is 0.262 e. The highest BCUT2D eigenvalue weighted by molar-refractivity contribution is 5.56. The van der Waals surface area contributed by atoms with E-state index in [1.807, 2.05) is 0 Å². The molecule has 0 spiro atoms. The van der Waals surface area contributed by atoms with Gasteiger partial charge in [-0.1, -0.05) is 0 Å². The van der Waals surface area contributed by atoms with Crippen LogP contribution in [0.3, 0.4) is 0 Å². The molecule has 0 aliphatic carbocycles. The number of nitrogens with zero attached hydrogens (tertiary/aromatic N) is 3. The van der Waals surface area contributed by atoms with E-state index in [0.717, 1.165) is 0 Å². The molecule has 0 bridgehead atoms. The Morgan fingerprint density at radius 3 is 2.92 bits per heavy atom. The molecule has 5 nitrogen and oxygen atoms in total. The molecule has 0 aliphatic rings. The third kappa shape index (κ3) is 1.35. The van der Waals surface area contributed by atoms with E-state index in [1.54, 1.807) is 18.6 Å².